The molecule has 1 aliphatic rings. The van der Waals surface area contributed by atoms with Crippen LogP contribution in [0, 0.1) is 5.92 Å². The first-order valence-electron chi connectivity index (χ1n) is 7.06. The monoisotopic (exact) mass is 261 g/mol. The molecule has 1 N–H and O–H groups in total. The molecule has 3 heteroatoms. The van der Waals surface area contributed by atoms with Gasteiger partial charge in [-0.25, -0.2) is 0 Å². The van der Waals surface area contributed by atoms with Crippen molar-refractivity contribution in [3.8, 4) is 5.75 Å². The van der Waals surface area contributed by atoms with Crippen molar-refractivity contribution in [2.75, 3.05) is 13.7 Å². The molecule has 0 aromatic heterocycles. The van der Waals surface area contributed by atoms with Crippen molar-refractivity contribution in [2.45, 2.75) is 39.0 Å². The number of carbonyl (C=O) groups excluding carboxylic acids is 1. The summed E-state index contributed by atoms with van der Waals surface area (Å²) in [6.07, 6.45) is 2.93. The zero-order valence-corrected chi connectivity index (χ0v) is 12.0. The molecule has 1 amide bonds. The third-order valence-corrected chi connectivity index (χ3v) is 3.62. The molecule has 19 heavy (non-hydrogen) atoms. The Morgan fingerprint density at radius 2 is 2.16 bits per heavy atom. The topological polar surface area (TPSA) is 38.3 Å². The first-order chi connectivity index (χ1) is 9.11. The van der Waals surface area contributed by atoms with Crippen LogP contribution in [0.4, 0.5) is 0 Å². The van der Waals surface area contributed by atoms with Crippen LogP contribution in [0.25, 0.3) is 0 Å². The van der Waals surface area contributed by atoms with E-state index in [0.717, 1.165) is 30.6 Å². The second-order valence-corrected chi connectivity index (χ2v) is 5.54. The highest BCUT2D eigenvalue weighted by Crippen LogP contribution is 2.29. The molecule has 0 atom stereocenters. The molecule has 0 bridgehead atoms. The van der Waals surface area contributed by atoms with E-state index in [4.69, 9.17) is 4.74 Å². The number of benzene rings is 1. The predicted molar refractivity (Wildman–Crippen MR) is 76.5 cm³/mol. The minimum absolute atomic E-state index is 0.206. The van der Waals surface area contributed by atoms with E-state index in [9.17, 15) is 4.79 Å². The van der Waals surface area contributed by atoms with Crippen molar-refractivity contribution in [3.63, 3.8) is 0 Å². The van der Waals surface area contributed by atoms with Gasteiger partial charge < -0.3 is 10.1 Å². The fraction of sp³-hybridized carbons (Fsp3) is 0.562. The molecular weight excluding hydrogens is 238 g/mol. The van der Waals surface area contributed by atoms with Gasteiger partial charge in [-0.2, -0.15) is 0 Å². The SMILES string of the molecule is COc1cc(C(C)C)ccc1CCNC(=O)C1CC1. The van der Waals surface area contributed by atoms with Crippen molar-refractivity contribution in [3.05, 3.63) is 29.3 Å². The summed E-state index contributed by atoms with van der Waals surface area (Å²) in [4.78, 5) is 11.6. The van der Waals surface area contributed by atoms with Gasteiger partial charge in [-0.3, -0.25) is 4.79 Å². The van der Waals surface area contributed by atoms with Crippen molar-refractivity contribution < 1.29 is 9.53 Å². The van der Waals surface area contributed by atoms with Crippen LogP contribution in [0.15, 0.2) is 18.2 Å². The van der Waals surface area contributed by atoms with Gasteiger partial charge in [0, 0.05) is 12.5 Å². The molecule has 2 rings (SSSR count). The maximum atomic E-state index is 11.6. The molecule has 3 nitrogen and oxygen atoms in total. The number of rotatable bonds is 6. The van der Waals surface area contributed by atoms with E-state index >= 15 is 0 Å². The first-order valence-corrected chi connectivity index (χ1v) is 7.06. The Bertz CT molecular complexity index is 450. The number of ether oxygens (including phenoxy) is 1. The predicted octanol–water partition coefficient (Wildman–Crippen LogP) is 2.89. The van der Waals surface area contributed by atoms with Gasteiger partial charge in [-0.1, -0.05) is 26.0 Å². The van der Waals surface area contributed by atoms with E-state index in [2.05, 4.69) is 37.4 Å². The van der Waals surface area contributed by atoms with Gasteiger partial charge in [-0.15, -0.1) is 0 Å². The zero-order valence-electron chi connectivity index (χ0n) is 12.0. The lowest BCUT2D eigenvalue weighted by Gasteiger charge is -2.13. The second kappa shape index (κ2) is 6.09. The van der Waals surface area contributed by atoms with Gasteiger partial charge >= 0.3 is 0 Å². The molecular formula is C16H23NO2. The summed E-state index contributed by atoms with van der Waals surface area (Å²) in [7, 11) is 1.70. The van der Waals surface area contributed by atoms with Crippen LogP contribution in [0.5, 0.6) is 5.75 Å². The lowest BCUT2D eigenvalue weighted by molar-refractivity contribution is -0.122. The molecule has 0 spiro atoms. The lowest BCUT2D eigenvalue weighted by atomic mass is 10.00. The Kier molecular flexibility index (Phi) is 4.46. The number of amides is 1. The van der Waals surface area contributed by atoms with Crippen molar-refractivity contribution in [2.24, 2.45) is 5.92 Å². The highest BCUT2D eigenvalue weighted by molar-refractivity contribution is 5.80. The van der Waals surface area contributed by atoms with E-state index in [0.29, 0.717) is 12.5 Å². The summed E-state index contributed by atoms with van der Waals surface area (Å²) >= 11 is 0. The number of carbonyl (C=O) groups is 1. The van der Waals surface area contributed by atoms with E-state index in [1.54, 1.807) is 7.11 Å². The Morgan fingerprint density at radius 1 is 1.42 bits per heavy atom. The van der Waals surface area contributed by atoms with Gasteiger partial charge in [0.25, 0.3) is 0 Å². The lowest BCUT2D eigenvalue weighted by Crippen LogP contribution is -2.27. The number of methoxy groups -OCH3 is 1. The van der Waals surface area contributed by atoms with Crippen LogP contribution >= 0.6 is 0 Å². The van der Waals surface area contributed by atoms with Crippen LogP contribution in [-0.2, 0) is 11.2 Å². The third kappa shape index (κ3) is 3.72. The molecule has 0 aliphatic heterocycles. The minimum Gasteiger partial charge on any atom is -0.496 e. The molecule has 0 unspecified atom stereocenters. The highest BCUT2D eigenvalue weighted by atomic mass is 16.5. The fourth-order valence-corrected chi connectivity index (χ4v) is 2.14. The Labute approximate surface area is 115 Å². The maximum absolute atomic E-state index is 11.6. The molecule has 1 fully saturated rings. The number of hydrogen-bond acceptors (Lipinski definition) is 2. The smallest absolute Gasteiger partial charge is 0.223 e. The summed E-state index contributed by atoms with van der Waals surface area (Å²) < 4.78 is 5.44. The van der Waals surface area contributed by atoms with E-state index in [-0.39, 0.29) is 11.8 Å². The quantitative estimate of drug-likeness (QED) is 0.855. The van der Waals surface area contributed by atoms with Crippen LogP contribution in [0.2, 0.25) is 0 Å². The van der Waals surface area contributed by atoms with Gasteiger partial charge in [0.2, 0.25) is 5.91 Å². The number of nitrogens with one attached hydrogen (secondary N) is 1. The minimum atomic E-state index is 0.206. The summed E-state index contributed by atoms with van der Waals surface area (Å²) in [6, 6.07) is 6.35. The molecule has 0 radical (unpaired) electrons. The Morgan fingerprint density at radius 3 is 2.74 bits per heavy atom. The Hall–Kier alpha value is -1.51. The molecule has 1 aromatic rings. The third-order valence-electron chi connectivity index (χ3n) is 3.62. The van der Waals surface area contributed by atoms with Crippen LogP contribution in [-0.4, -0.2) is 19.6 Å². The molecule has 0 heterocycles. The largest absolute Gasteiger partial charge is 0.496 e. The van der Waals surface area contributed by atoms with Crippen molar-refractivity contribution in [1.82, 2.24) is 5.32 Å². The Balaban J connectivity index is 1.93. The van der Waals surface area contributed by atoms with E-state index in [1.807, 2.05) is 0 Å². The molecule has 1 aliphatic carbocycles. The standard InChI is InChI=1S/C16H23NO2/c1-11(2)14-7-4-12(15(10-14)19-3)8-9-17-16(18)13-5-6-13/h4,7,10-11,13H,5-6,8-9H2,1-3H3,(H,17,18). The van der Waals surface area contributed by atoms with Crippen molar-refractivity contribution >= 4 is 5.91 Å². The van der Waals surface area contributed by atoms with Crippen LogP contribution < -0.4 is 10.1 Å². The second-order valence-electron chi connectivity index (χ2n) is 5.54. The summed E-state index contributed by atoms with van der Waals surface area (Å²) in [6.45, 7) is 5.03. The van der Waals surface area contributed by atoms with E-state index < -0.39 is 0 Å². The number of hydrogen-bond donors (Lipinski definition) is 1. The van der Waals surface area contributed by atoms with E-state index in [1.165, 1.54) is 5.56 Å². The average molecular weight is 261 g/mol. The van der Waals surface area contributed by atoms with Gasteiger partial charge in [0.05, 0.1) is 7.11 Å². The molecule has 1 aromatic carbocycles. The molecule has 0 saturated heterocycles. The average Bonchev–Trinajstić information content (AvgIpc) is 3.22. The normalized spacial score (nSPS) is 14.5. The maximum Gasteiger partial charge on any atom is 0.223 e. The van der Waals surface area contributed by atoms with Gasteiger partial charge in [0.1, 0.15) is 5.75 Å². The molecule has 104 valence electrons. The summed E-state index contributed by atoms with van der Waals surface area (Å²) in [5.41, 5.74) is 2.44. The van der Waals surface area contributed by atoms with Crippen molar-refractivity contribution in [1.29, 1.82) is 0 Å². The first kappa shape index (κ1) is 13.9. The van der Waals surface area contributed by atoms with Crippen LogP contribution in [0.3, 0.4) is 0 Å². The molecule has 1 saturated carbocycles. The zero-order chi connectivity index (χ0) is 13.8. The van der Waals surface area contributed by atoms with Gasteiger partial charge in [-0.05, 0) is 42.4 Å². The summed E-state index contributed by atoms with van der Waals surface area (Å²) in [5, 5.41) is 2.99. The summed E-state index contributed by atoms with van der Waals surface area (Å²) in [5.74, 6) is 1.91. The fourth-order valence-electron chi connectivity index (χ4n) is 2.14. The highest BCUT2D eigenvalue weighted by Gasteiger charge is 2.29. The van der Waals surface area contributed by atoms with Gasteiger partial charge in [0.15, 0.2) is 0 Å². The van der Waals surface area contributed by atoms with Crippen LogP contribution in [0.1, 0.15) is 43.7 Å².